The molecule has 1 aliphatic heterocycles. The molecule has 1 aromatic rings. The van der Waals surface area contributed by atoms with Gasteiger partial charge in [0.2, 0.25) is 0 Å². The Morgan fingerprint density at radius 1 is 1.33 bits per heavy atom. The zero-order valence-corrected chi connectivity index (χ0v) is 11.0. The van der Waals surface area contributed by atoms with E-state index in [9.17, 15) is 4.79 Å². The van der Waals surface area contributed by atoms with Gasteiger partial charge in [-0.05, 0) is 31.9 Å². The van der Waals surface area contributed by atoms with Crippen LogP contribution in [-0.2, 0) is 9.53 Å². The van der Waals surface area contributed by atoms with Gasteiger partial charge < -0.3 is 4.74 Å². The first-order chi connectivity index (χ1) is 8.81. The summed E-state index contributed by atoms with van der Waals surface area (Å²) < 4.78 is 5.05. The highest BCUT2D eigenvalue weighted by molar-refractivity contribution is 5.71. The summed E-state index contributed by atoms with van der Waals surface area (Å²) in [4.78, 5) is 13.9. The summed E-state index contributed by atoms with van der Waals surface area (Å²) in [5, 5.41) is 0. The Bertz CT molecular complexity index is 377. The molecular formula is C15H21NO2. The average Bonchev–Trinajstić information content (AvgIpc) is 2.40. The SMILES string of the molecule is CCOC(=O)CN1CCCCC1c1ccccc1. The first-order valence-electron chi connectivity index (χ1n) is 6.76. The maximum absolute atomic E-state index is 11.6. The van der Waals surface area contributed by atoms with Crippen LogP contribution in [0.5, 0.6) is 0 Å². The van der Waals surface area contributed by atoms with Gasteiger partial charge in [-0.2, -0.15) is 0 Å². The first-order valence-corrected chi connectivity index (χ1v) is 6.76. The predicted octanol–water partition coefficient (Wildman–Crippen LogP) is 2.78. The predicted molar refractivity (Wildman–Crippen MR) is 71.2 cm³/mol. The number of esters is 1. The van der Waals surface area contributed by atoms with Crippen LogP contribution in [0.2, 0.25) is 0 Å². The Balaban J connectivity index is 2.04. The summed E-state index contributed by atoms with van der Waals surface area (Å²) in [7, 11) is 0. The highest BCUT2D eigenvalue weighted by Gasteiger charge is 2.25. The Labute approximate surface area is 109 Å². The summed E-state index contributed by atoms with van der Waals surface area (Å²) in [5.41, 5.74) is 1.31. The minimum Gasteiger partial charge on any atom is -0.465 e. The van der Waals surface area contributed by atoms with Crippen molar-refractivity contribution in [2.45, 2.75) is 32.2 Å². The molecule has 0 amide bonds. The highest BCUT2D eigenvalue weighted by atomic mass is 16.5. The third kappa shape index (κ3) is 3.33. The van der Waals surface area contributed by atoms with Crippen LogP contribution in [0.15, 0.2) is 30.3 Å². The molecule has 98 valence electrons. The molecule has 0 aliphatic carbocycles. The minimum absolute atomic E-state index is 0.111. The normalized spacial score (nSPS) is 20.6. The fourth-order valence-electron chi connectivity index (χ4n) is 2.61. The van der Waals surface area contributed by atoms with Gasteiger partial charge in [-0.15, -0.1) is 0 Å². The zero-order valence-electron chi connectivity index (χ0n) is 11.0. The lowest BCUT2D eigenvalue weighted by Crippen LogP contribution is -2.38. The van der Waals surface area contributed by atoms with Crippen LogP contribution in [0.25, 0.3) is 0 Å². The van der Waals surface area contributed by atoms with Crippen LogP contribution >= 0.6 is 0 Å². The summed E-state index contributed by atoms with van der Waals surface area (Å²) in [6, 6.07) is 10.8. The molecule has 18 heavy (non-hydrogen) atoms. The Kier molecular flexibility index (Phi) is 4.76. The van der Waals surface area contributed by atoms with Gasteiger partial charge >= 0.3 is 5.97 Å². The summed E-state index contributed by atoms with van der Waals surface area (Å²) in [5.74, 6) is -0.111. The van der Waals surface area contributed by atoms with Crippen LogP contribution in [0.1, 0.15) is 37.8 Å². The number of carbonyl (C=O) groups is 1. The number of rotatable bonds is 4. The van der Waals surface area contributed by atoms with Gasteiger partial charge in [-0.1, -0.05) is 36.8 Å². The average molecular weight is 247 g/mol. The standard InChI is InChI=1S/C15H21NO2/c1-2-18-15(17)12-16-11-7-6-10-14(16)13-8-4-3-5-9-13/h3-5,8-9,14H,2,6-7,10-12H2,1H3. The molecule has 1 atom stereocenters. The van der Waals surface area contributed by atoms with Crippen molar-refractivity contribution >= 4 is 5.97 Å². The largest absolute Gasteiger partial charge is 0.465 e. The van der Waals surface area contributed by atoms with Crippen molar-refractivity contribution in [2.24, 2.45) is 0 Å². The lowest BCUT2D eigenvalue weighted by molar-refractivity contribution is -0.145. The third-order valence-electron chi connectivity index (χ3n) is 3.44. The van der Waals surface area contributed by atoms with Crippen molar-refractivity contribution in [1.82, 2.24) is 4.90 Å². The molecule has 3 heteroatoms. The lowest BCUT2D eigenvalue weighted by Gasteiger charge is -2.35. The summed E-state index contributed by atoms with van der Waals surface area (Å²) >= 11 is 0. The van der Waals surface area contributed by atoms with E-state index in [4.69, 9.17) is 4.74 Å². The molecule has 0 spiro atoms. The quantitative estimate of drug-likeness (QED) is 0.766. The number of hydrogen-bond donors (Lipinski definition) is 0. The molecule has 0 saturated carbocycles. The van der Waals surface area contributed by atoms with Crippen LogP contribution in [0.4, 0.5) is 0 Å². The van der Waals surface area contributed by atoms with E-state index < -0.39 is 0 Å². The van der Waals surface area contributed by atoms with E-state index in [0.29, 0.717) is 19.2 Å². The Morgan fingerprint density at radius 2 is 2.11 bits per heavy atom. The van der Waals surface area contributed by atoms with Gasteiger partial charge in [-0.3, -0.25) is 9.69 Å². The van der Waals surface area contributed by atoms with Crippen LogP contribution < -0.4 is 0 Å². The van der Waals surface area contributed by atoms with Gasteiger partial charge in [0.15, 0.2) is 0 Å². The van der Waals surface area contributed by atoms with Crippen molar-refractivity contribution in [3.05, 3.63) is 35.9 Å². The molecule has 0 bridgehead atoms. The van der Waals surface area contributed by atoms with Crippen LogP contribution in [-0.4, -0.2) is 30.6 Å². The van der Waals surface area contributed by atoms with E-state index in [0.717, 1.165) is 13.0 Å². The van der Waals surface area contributed by atoms with Gasteiger partial charge in [0.25, 0.3) is 0 Å². The van der Waals surface area contributed by atoms with Crippen molar-refractivity contribution in [3.8, 4) is 0 Å². The number of benzene rings is 1. The molecule has 1 aromatic carbocycles. The first kappa shape index (κ1) is 13.1. The number of carbonyl (C=O) groups excluding carboxylic acids is 1. The van der Waals surface area contributed by atoms with E-state index in [1.165, 1.54) is 18.4 Å². The smallest absolute Gasteiger partial charge is 0.320 e. The maximum atomic E-state index is 11.6. The maximum Gasteiger partial charge on any atom is 0.320 e. The zero-order chi connectivity index (χ0) is 12.8. The summed E-state index contributed by atoms with van der Waals surface area (Å²) in [6.07, 6.45) is 3.53. The van der Waals surface area contributed by atoms with E-state index in [2.05, 4.69) is 29.2 Å². The molecule has 1 heterocycles. The van der Waals surface area contributed by atoms with E-state index in [1.807, 2.05) is 13.0 Å². The number of ether oxygens (including phenoxy) is 1. The molecule has 0 N–H and O–H groups in total. The van der Waals surface area contributed by atoms with Gasteiger partial charge in [0.1, 0.15) is 0 Å². The molecule has 0 aromatic heterocycles. The third-order valence-corrected chi connectivity index (χ3v) is 3.44. The molecule has 2 rings (SSSR count). The van der Waals surface area contributed by atoms with Crippen molar-refractivity contribution < 1.29 is 9.53 Å². The number of piperidine rings is 1. The lowest BCUT2D eigenvalue weighted by atomic mass is 9.95. The van der Waals surface area contributed by atoms with Gasteiger partial charge in [0.05, 0.1) is 13.2 Å². The van der Waals surface area contributed by atoms with E-state index in [1.54, 1.807) is 0 Å². The highest BCUT2D eigenvalue weighted by Crippen LogP contribution is 2.30. The number of hydrogen-bond acceptors (Lipinski definition) is 3. The molecule has 1 fully saturated rings. The number of nitrogens with zero attached hydrogens (tertiary/aromatic N) is 1. The Morgan fingerprint density at radius 3 is 2.83 bits per heavy atom. The second-order valence-electron chi connectivity index (χ2n) is 4.70. The monoisotopic (exact) mass is 247 g/mol. The second kappa shape index (κ2) is 6.55. The van der Waals surface area contributed by atoms with Crippen LogP contribution in [0.3, 0.4) is 0 Å². The van der Waals surface area contributed by atoms with E-state index >= 15 is 0 Å². The Hall–Kier alpha value is -1.35. The number of likely N-dealkylation sites (tertiary alicyclic amines) is 1. The summed E-state index contributed by atoms with van der Waals surface area (Å²) in [6.45, 7) is 3.71. The molecule has 1 saturated heterocycles. The van der Waals surface area contributed by atoms with Gasteiger partial charge in [-0.25, -0.2) is 0 Å². The van der Waals surface area contributed by atoms with Gasteiger partial charge in [0, 0.05) is 6.04 Å². The molecule has 1 unspecified atom stereocenters. The van der Waals surface area contributed by atoms with Crippen molar-refractivity contribution in [2.75, 3.05) is 19.7 Å². The molecule has 1 aliphatic rings. The minimum atomic E-state index is -0.111. The molecular weight excluding hydrogens is 226 g/mol. The van der Waals surface area contributed by atoms with Crippen LogP contribution in [0, 0.1) is 0 Å². The second-order valence-corrected chi connectivity index (χ2v) is 4.70. The van der Waals surface area contributed by atoms with Crippen molar-refractivity contribution in [1.29, 1.82) is 0 Å². The molecule has 3 nitrogen and oxygen atoms in total. The van der Waals surface area contributed by atoms with E-state index in [-0.39, 0.29) is 5.97 Å². The molecule has 0 radical (unpaired) electrons. The fourth-order valence-corrected chi connectivity index (χ4v) is 2.61. The fraction of sp³-hybridized carbons (Fsp3) is 0.533. The van der Waals surface area contributed by atoms with Crippen molar-refractivity contribution in [3.63, 3.8) is 0 Å². The topological polar surface area (TPSA) is 29.5 Å².